The van der Waals surface area contributed by atoms with Crippen molar-refractivity contribution in [2.45, 2.75) is 24.5 Å². The Morgan fingerprint density at radius 2 is 2.04 bits per heavy atom. The van der Waals surface area contributed by atoms with Crippen molar-refractivity contribution >= 4 is 15.7 Å². The van der Waals surface area contributed by atoms with E-state index in [1.54, 1.807) is 18.5 Å². The number of anilines is 1. The van der Waals surface area contributed by atoms with Crippen LogP contribution in [0.25, 0.3) is 0 Å². The van der Waals surface area contributed by atoms with E-state index in [-0.39, 0.29) is 11.7 Å². The molecule has 1 aliphatic rings. The molecule has 0 radical (unpaired) electrons. The molecule has 1 aliphatic heterocycles. The van der Waals surface area contributed by atoms with Crippen molar-refractivity contribution in [3.05, 3.63) is 77.6 Å². The van der Waals surface area contributed by atoms with Crippen LogP contribution in [0.15, 0.2) is 55.0 Å². The number of imidazole rings is 1. The van der Waals surface area contributed by atoms with Crippen molar-refractivity contribution in [2.24, 2.45) is 0 Å². The Balaban J connectivity index is 1.53. The summed E-state index contributed by atoms with van der Waals surface area (Å²) in [7, 11) is -3.63. The van der Waals surface area contributed by atoms with Gasteiger partial charge in [-0.1, -0.05) is 12.1 Å². The summed E-state index contributed by atoms with van der Waals surface area (Å²) in [6, 6.07) is 10.7. The van der Waals surface area contributed by atoms with Gasteiger partial charge in [0.05, 0.1) is 24.4 Å². The first-order chi connectivity index (χ1) is 13.5. The first-order valence-electron chi connectivity index (χ1n) is 8.98. The zero-order valence-corrected chi connectivity index (χ0v) is 15.9. The average Bonchev–Trinajstić information content (AvgIpc) is 3.17. The maximum Gasteiger partial charge on any atom is 0.236 e. The predicted molar refractivity (Wildman–Crippen MR) is 104 cm³/mol. The standard InChI is InChI=1S/C20H20FN3O3S/c21-16-3-1-14(2-4-16)12-28(25,26)24-17-5-6-20-19(10-17)15(7-8-27-20)9-18-11-22-13-23-18/h1-6,10-11,13,15,24H,7-9,12H2,(H,22,23). The number of halogens is 1. The van der Waals surface area contributed by atoms with Crippen LogP contribution in [0, 0.1) is 5.82 Å². The van der Waals surface area contributed by atoms with E-state index in [0.29, 0.717) is 17.9 Å². The fourth-order valence-corrected chi connectivity index (χ4v) is 4.60. The smallest absolute Gasteiger partial charge is 0.236 e. The monoisotopic (exact) mass is 401 g/mol. The molecule has 0 fully saturated rings. The number of fused-ring (bicyclic) bond motifs is 1. The zero-order valence-electron chi connectivity index (χ0n) is 15.1. The third kappa shape index (κ3) is 4.33. The number of rotatable bonds is 6. The minimum absolute atomic E-state index is 0.202. The van der Waals surface area contributed by atoms with Gasteiger partial charge in [-0.05, 0) is 60.2 Å². The van der Waals surface area contributed by atoms with E-state index in [2.05, 4.69) is 14.7 Å². The molecule has 28 heavy (non-hydrogen) atoms. The van der Waals surface area contributed by atoms with Gasteiger partial charge in [0.2, 0.25) is 10.0 Å². The van der Waals surface area contributed by atoms with Gasteiger partial charge >= 0.3 is 0 Å². The van der Waals surface area contributed by atoms with Gasteiger partial charge in [0.1, 0.15) is 11.6 Å². The van der Waals surface area contributed by atoms with Crippen molar-refractivity contribution < 1.29 is 17.5 Å². The van der Waals surface area contributed by atoms with E-state index < -0.39 is 15.8 Å². The Morgan fingerprint density at radius 3 is 2.79 bits per heavy atom. The summed E-state index contributed by atoms with van der Waals surface area (Å²) in [5.41, 5.74) is 2.93. The quantitative estimate of drug-likeness (QED) is 0.661. The Morgan fingerprint density at radius 1 is 1.21 bits per heavy atom. The number of sulfonamides is 1. The molecule has 0 saturated carbocycles. The number of aromatic nitrogens is 2. The van der Waals surface area contributed by atoms with Crippen LogP contribution in [0.3, 0.4) is 0 Å². The van der Waals surface area contributed by atoms with Crippen LogP contribution in [0.4, 0.5) is 10.1 Å². The number of hydrogen-bond donors (Lipinski definition) is 2. The molecule has 1 unspecified atom stereocenters. The zero-order chi connectivity index (χ0) is 19.6. The molecule has 8 heteroatoms. The number of nitrogens with zero attached hydrogens (tertiary/aromatic N) is 1. The Labute approximate surface area is 162 Å². The molecule has 1 aromatic heterocycles. The molecular formula is C20H20FN3O3S. The molecule has 146 valence electrons. The van der Waals surface area contributed by atoms with Crippen LogP contribution < -0.4 is 9.46 Å². The lowest BCUT2D eigenvalue weighted by Crippen LogP contribution is -2.18. The summed E-state index contributed by atoms with van der Waals surface area (Å²) in [4.78, 5) is 7.24. The normalized spacial score (nSPS) is 16.2. The summed E-state index contributed by atoms with van der Waals surface area (Å²) in [5.74, 6) is 0.353. The largest absolute Gasteiger partial charge is 0.493 e. The molecule has 0 bridgehead atoms. The number of H-pyrrole nitrogens is 1. The number of nitrogens with one attached hydrogen (secondary N) is 2. The summed E-state index contributed by atoms with van der Waals surface area (Å²) in [6.07, 6.45) is 5.11. The lowest BCUT2D eigenvalue weighted by Gasteiger charge is -2.26. The predicted octanol–water partition coefficient (Wildman–Crippen LogP) is 3.60. The van der Waals surface area contributed by atoms with Gasteiger partial charge in [-0.15, -0.1) is 0 Å². The molecule has 1 atom stereocenters. The van der Waals surface area contributed by atoms with Gasteiger partial charge < -0.3 is 9.72 Å². The second-order valence-electron chi connectivity index (χ2n) is 6.84. The molecule has 2 N–H and O–H groups in total. The Kier molecular flexibility index (Phi) is 5.04. The molecule has 4 rings (SSSR count). The minimum Gasteiger partial charge on any atom is -0.493 e. The van der Waals surface area contributed by atoms with Crippen molar-refractivity contribution in [2.75, 3.05) is 11.3 Å². The van der Waals surface area contributed by atoms with Crippen LogP contribution in [0.2, 0.25) is 0 Å². The van der Waals surface area contributed by atoms with Gasteiger partial charge in [0.25, 0.3) is 0 Å². The molecule has 0 spiro atoms. The van der Waals surface area contributed by atoms with E-state index in [1.165, 1.54) is 24.3 Å². The molecule has 2 heterocycles. The molecular weight excluding hydrogens is 381 g/mol. The SMILES string of the molecule is O=S(=O)(Cc1ccc(F)cc1)Nc1ccc2c(c1)C(Cc1c[nH]cn1)CCO2. The summed E-state index contributed by atoms with van der Waals surface area (Å²) >= 11 is 0. The molecule has 2 aromatic carbocycles. The van der Waals surface area contributed by atoms with E-state index in [4.69, 9.17) is 4.74 Å². The van der Waals surface area contributed by atoms with Gasteiger partial charge in [-0.2, -0.15) is 0 Å². The Bertz CT molecular complexity index is 1050. The molecule has 0 saturated heterocycles. The van der Waals surface area contributed by atoms with E-state index in [0.717, 1.165) is 29.8 Å². The third-order valence-corrected chi connectivity index (χ3v) is 5.99. The highest BCUT2D eigenvalue weighted by molar-refractivity contribution is 7.91. The fourth-order valence-electron chi connectivity index (χ4n) is 3.41. The van der Waals surface area contributed by atoms with Crippen molar-refractivity contribution in [3.8, 4) is 5.75 Å². The second-order valence-corrected chi connectivity index (χ2v) is 8.56. The summed E-state index contributed by atoms with van der Waals surface area (Å²) in [5, 5.41) is 0. The van der Waals surface area contributed by atoms with Crippen molar-refractivity contribution in [1.82, 2.24) is 9.97 Å². The molecule has 0 amide bonds. The molecule has 6 nitrogen and oxygen atoms in total. The lowest BCUT2D eigenvalue weighted by atomic mass is 9.89. The van der Waals surface area contributed by atoms with E-state index in [9.17, 15) is 12.8 Å². The minimum atomic E-state index is -3.63. The van der Waals surface area contributed by atoms with Crippen LogP contribution in [0.1, 0.15) is 29.2 Å². The van der Waals surface area contributed by atoms with Gasteiger partial charge in [0, 0.05) is 11.9 Å². The van der Waals surface area contributed by atoms with Crippen molar-refractivity contribution in [3.63, 3.8) is 0 Å². The van der Waals surface area contributed by atoms with Crippen LogP contribution >= 0.6 is 0 Å². The highest BCUT2D eigenvalue weighted by atomic mass is 32.2. The first-order valence-corrected chi connectivity index (χ1v) is 10.6. The number of aromatic amines is 1. The first kappa shape index (κ1) is 18.5. The van der Waals surface area contributed by atoms with E-state index >= 15 is 0 Å². The van der Waals surface area contributed by atoms with E-state index in [1.807, 2.05) is 12.3 Å². The van der Waals surface area contributed by atoms with Crippen molar-refractivity contribution in [1.29, 1.82) is 0 Å². The summed E-state index contributed by atoms with van der Waals surface area (Å²) < 4.78 is 46.4. The average molecular weight is 401 g/mol. The number of ether oxygens (including phenoxy) is 1. The Hall–Kier alpha value is -2.87. The number of hydrogen-bond acceptors (Lipinski definition) is 4. The highest BCUT2D eigenvalue weighted by Crippen LogP contribution is 2.37. The van der Waals surface area contributed by atoms with Gasteiger partial charge in [-0.25, -0.2) is 17.8 Å². The highest BCUT2D eigenvalue weighted by Gasteiger charge is 2.23. The van der Waals surface area contributed by atoms with Gasteiger partial charge in [-0.3, -0.25) is 4.72 Å². The molecule has 3 aromatic rings. The third-order valence-electron chi connectivity index (χ3n) is 4.73. The fraction of sp³-hybridized carbons (Fsp3) is 0.250. The summed E-state index contributed by atoms with van der Waals surface area (Å²) in [6.45, 7) is 0.623. The maximum atomic E-state index is 13.0. The number of benzene rings is 2. The molecule has 0 aliphatic carbocycles. The van der Waals surface area contributed by atoms with Crippen LogP contribution in [-0.2, 0) is 22.2 Å². The van der Waals surface area contributed by atoms with Crippen LogP contribution in [0.5, 0.6) is 5.75 Å². The second kappa shape index (κ2) is 7.63. The maximum absolute atomic E-state index is 13.0. The van der Waals surface area contributed by atoms with Gasteiger partial charge in [0.15, 0.2) is 0 Å². The lowest BCUT2D eigenvalue weighted by molar-refractivity contribution is 0.266. The topological polar surface area (TPSA) is 84.1 Å². The van der Waals surface area contributed by atoms with Crippen LogP contribution in [-0.4, -0.2) is 25.0 Å².